The first-order valence-electron chi connectivity index (χ1n) is 6.51. The first-order valence-corrected chi connectivity index (χ1v) is 6.92. The molecule has 2 aromatic heterocycles. The standard InChI is InChI=1S/C14H14N4O3S/c1-7-11(13(20-3)18(2)17-7)12(19)15-8-4-5-9-10(6-8)21-14(22)16-9/h4-6H,1-3H3,(H,15,19)(H,16,22). The Bertz CT molecular complexity index is 922. The Morgan fingerprint density at radius 3 is 3.00 bits per heavy atom. The number of benzene rings is 1. The van der Waals surface area contributed by atoms with Crippen molar-refractivity contribution in [2.75, 3.05) is 12.4 Å². The second-order valence-electron chi connectivity index (χ2n) is 4.77. The number of rotatable bonds is 3. The number of anilines is 1. The van der Waals surface area contributed by atoms with E-state index in [4.69, 9.17) is 21.4 Å². The molecule has 1 amide bonds. The molecular weight excluding hydrogens is 304 g/mol. The third-order valence-corrected chi connectivity index (χ3v) is 3.45. The normalized spacial score (nSPS) is 10.9. The lowest BCUT2D eigenvalue weighted by Crippen LogP contribution is -2.13. The molecule has 0 saturated carbocycles. The molecule has 3 aromatic rings. The fourth-order valence-corrected chi connectivity index (χ4v) is 2.55. The number of hydrogen-bond donors (Lipinski definition) is 2. The number of amides is 1. The molecule has 3 rings (SSSR count). The number of aryl methyl sites for hydroxylation is 2. The summed E-state index contributed by atoms with van der Waals surface area (Å²) in [6, 6.07) is 5.26. The van der Waals surface area contributed by atoms with Gasteiger partial charge in [0.25, 0.3) is 10.7 Å². The molecule has 0 saturated heterocycles. The minimum Gasteiger partial charge on any atom is -0.481 e. The van der Waals surface area contributed by atoms with Crippen molar-refractivity contribution in [3.8, 4) is 5.88 Å². The van der Waals surface area contributed by atoms with Gasteiger partial charge in [-0.2, -0.15) is 5.10 Å². The second kappa shape index (κ2) is 5.30. The summed E-state index contributed by atoms with van der Waals surface area (Å²) < 4.78 is 12.1. The highest BCUT2D eigenvalue weighted by Crippen LogP contribution is 2.24. The lowest BCUT2D eigenvalue weighted by atomic mass is 10.2. The Morgan fingerprint density at radius 2 is 2.27 bits per heavy atom. The predicted octanol–water partition coefficient (Wildman–Crippen LogP) is 2.79. The number of nitrogens with one attached hydrogen (secondary N) is 2. The molecule has 22 heavy (non-hydrogen) atoms. The van der Waals surface area contributed by atoms with Crippen LogP contribution in [-0.2, 0) is 7.05 Å². The van der Waals surface area contributed by atoms with Crippen molar-refractivity contribution in [3.63, 3.8) is 0 Å². The molecule has 0 fully saturated rings. The van der Waals surface area contributed by atoms with E-state index < -0.39 is 0 Å². The van der Waals surface area contributed by atoms with E-state index in [1.165, 1.54) is 11.8 Å². The number of methoxy groups -OCH3 is 1. The minimum absolute atomic E-state index is 0.295. The second-order valence-corrected chi connectivity index (χ2v) is 5.14. The highest BCUT2D eigenvalue weighted by molar-refractivity contribution is 7.71. The van der Waals surface area contributed by atoms with Crippen LogP contribution in [0.15, 0.2) is 22.6 Å². The highest BCUT2D eigenvalue weighted by Gasteiger charge is 2.21. The number of ether oxygens (including phenoxy) is 1. The maximum Gasteiger partial charge on any atom is 0.266 e. The molecule has 0 unspecified atom stereocenters. The van der Waals surface area contributed by atoms with Gasteiger partial charge in [0.1, 0.15) is 5.56 Å². The van der Waals surface area contributed by atoms with Gasteiger partial charge in [0.2, 0.25) is 5.88 Å². The molecule has 2 heterocycles. The Morgan fingerprint density at radius 1 is 1.50 bits per heavy atom. The molecule has 0 radical (unpaired) electrons. The van der Waals surface area contributed by atoms with Gasteiger partial charge in [-0.3, -0.25) is 4.79 Å². The summed E-state index contributed by atoms with van der Waals surface area (Å²) in [5.74, 6) is 0.117. The van der Waals surface area contributed by atoms with E-state index in [0.29, 0.717) is 33.2 Å². The zero-order valence-electron chi connectivity index (χ0n) is 12.3. The van der Waals surface area contributed by atoms with Crippen molar-refractivity contribution in [1.82, 2.24) is 14.8 Å². The van der Waals surface area contributed by atoms with Crippen LogP contribution >= 0.6 is 12.2 Å². The predicted molar refractivity (Wildman–Crippen MR) is 83.8 cm³/mol. The SMILES string of the molecule is COc1c(C(=O)Nc2ccc3[nH]c(=S)oc3c2)c(C)nn1C. The van der Waals surface area contributed by atoms with Crippen molar-refractivity contribution < 1.29 is 13.9 Å². The third-order valence-electron chi connectivity index (χ3n) is 3.27. The van der Waals surface area contributed by atoms with Gasteiger partial charge < -0.3 is 19.5 Å². The monoisotopic (exact) mass is 318 g/mol. The third kappa shape index (κ3) is 2.37. The summed E-state index contributed by atoms with van der Waals surface area (Å²) in [6.45, 7) is 1.76. The largest absolute Gasteiger partial charge is 0.481 e. The number of fused-ring (bicyclic) bond motifs is 1. The Balaban J connectivity index is 1.94. The maximum absolute atomic E-state index is 12.5. The van der Waals surface area contributed by atoms with Crippen molar-refractivity contribution in [3.05, 3.63) is 34.3 Å². The molecule has 1 aromatic carbocycles. The molecular formula is C14H14N4O3S. The summed E-state index contributed by atoms with van der Waals surface area (Å²) in [5.41, 5.74) is 2.95. The van der Waals surface area contributed by atoms with Crippen LogP contribution in [0.3, 0.4) is 0 Å². The summed E-state index contributed by atoms with van der Waals surface area (Å²) in [5, 5.41) is 7.00. The van der Waals surface area contributed by atoms with E-state index >= 15 is 0 Å². The van der Waals surface area contributed by atoms with E-state index in [9.17, 15) is 4.79 Å². The van der Waals surface area contributed by atoms with E-state index in [-0.39, 0.29) is 5.91 Å². The fourth-order valence-electron chi connectivity index (χ4n) is 2.35. The Labute approximate surface area is 130 Å². The number of aromatic nitrogens is 3. The fraction of sp³-hybridized carbons (Fsp3) is 0.214. The summed E-state index contributed by atoms with van der Waals surface area (Å²) in [6.07, 6.45) is 0. The van der Waals surface area contributed by atoms with Gasteiger partial charge in [-0.05, 0) is 31.3 Å². The molecule has 8 heteroatoms. The summed E-state index contributed by atoms with van der Waals surface area (Å²) in [4.78, 5) is 15.7. The van der Waals surface area contributed by atoms with E-state index in [1.807, 2.05) is 0 Å². The minimum atomic E-state index is -0.295. The Kier molecular flexibility index (Phi) is 3.45. The van der Waals surface area contributed by atoms with Gasteiger partial charge >= 0.3 is 0 Å². The van der Waals surface area contributed by atoms with Crippen LogP contribution in [-0.4, -0.2) is 27.8 Å². The quantitative estimate of drug-likeness (QED) is 0.725. The van der Waals surface area contributed by atoms with Crippen LogP contribution < -0.4 is 10.1 Å². The van der Waals surface area contributed by atoms with Gasteiger partial charge in [-0.15, -0.1) is 0 Å². The van der Waals surface area contributed by atoms with Gasteiger partial charge in [0, 0.05) is 18.8 Å². The molecule has 114 valence electrons. The van der Waals surface area contributed by atoms with Crippen LogP contribution in [0.4, 0.5) is 5.69 Å². The number of nitrogens with zero attached hydrogens (tertiary/aromatic N) is 2. The number of oxazole rings is 1. The average Bonchev–Trinajstić information content (AvgIpc) is 2.96. The van der Waals surface area contributed by atoms with Crippen molar-refractivity contribution in [2.45, 2.75) is 6.92 Å². The molecule has 0 aliphatic rings. The van der Waals surface area contributed by atoms with E-state index in [0.717, 1.165) is 5.52 Å². The summed E-state index contributed by atoms with van der Waals surface area (Å²) in [7, 11) is 3.22. The van der Waals surface area contributed by atoms with Crippen LogP contribution in [0.5, 0.6) is 5.88 Å². The molecule has 7 nitrogen and oxygen atoms in total. The van der Waals surface area contributed by atoms with Crippen LogP contribution in [0.25, 0.3) is 11.1 Å². The van der Waals surface area contributed by atoms with Crippen LogP contribution in [0.2, 0.25) is 0 Å². The van der Waals surface area contributed by atoms with Crippen molar-refractivity contribution >= 4 is 34.9 Å². The number of H-pyrrole nitrogens is 1. The molecule has 0 bridgehead atoms. The van der Waals surface area contributed by atoms with Crippen molar-refractivity contribution in [1.29, 1.82) is 0 Å². The topological polar surface area (TPSA) is 85.1 Å². The summed E-state index contributed by atoms with van der Waals surface area (Å²) >= 11 is 4.94. The lowest BCUT2D eigenvalue weighted by molar-refractivity contribution is 0.102. The van der Waals surface area contributed by atoms with Crippen molar-refractivity contribution in [2.24, 2.45) is 7.05 Å². The number of carbonyl (C=O) groups excluding carboxylic acids is 1. The smallest absolute Gasteiger partial charge is 0.266 e. The van der Waals surface area contributed by atoms with E-state index in [1.54, 1.807) is 32.2 Å². The van der Waals surface area contributed by atoms with E-state index in [2.05, 4.69) is 15.4 Å². The van der Waals surface area contributed by atoms with Gasteiger partial charge in [-0.25, -0.2) is 4.68 Å². The molecule has 0 aliphatic heterocycles. The maximum atomic E-state index is 12.5. The van der Waals surface area contributed by atoms with Gasteiger partial charge in [-0.1, -0.05) is 0 Å². The zero-order chi connectivity index (χ0) is 15.9. The number of carbonyl (C=O) groups is 1. The van der Waals surface area contributed by atoms with Gasteiger partial charge in [0.15, 0.2) is 5.58 Å². The average molecular weight is 318 g/mol. The molecule has 2 N–H and O–H groups in total. The first-order chi connectivity index (χ1) is 10.5. The zero-order valence-corrected chi connectivity index (χ0v) is 13.1. The Hall–Kier alpha value is -2.61. The number of aromatic amines is 1. The highest BCUT2D eigenvalue weighted by atomic mass is 32.1. The molecule has 0 aliphatic carbocycles. The lowest BCUT2D eigenvalue weighted by Gasteiger charge is -2.06. The van der Waals surface area contributed by atoms with Gasteiger partial charge in [0.05, 0.1) is 18.3 Å². The van der Waals surface area contributed by atoms with Crippen LogP contribution in [0.1, 0.15) is 16.1 Å². The number of hydrogen-bond acceptors (Lipinski definition) is 5. The first kappa shape index (κ1) is 14.3. The molecule has 0 atom stereocenters. The van der Waals surface area contributed by atoms with Crippen LogP contribution in [0, 0.1) is 11.8 Å². The molecule has 0 spiro atoms.